The molecule has 2 aliphatic rings. The molecule has 0 aromatic carbocycles. The maximum absolute atomic E-state index is 12.0. The maximum Gasteiger partial charge on any atom is 0.228 e. The molecule has 2 rings (SSSR count). The zero-order chi connectivity index (χ0) is 13.9. The number of hydrogen-bond acceptors (Lipinski definition) is 6. The number of ketones is 1. The fourth-order valence-corrected chi connectivity index (χ4v) is 2.41. The number of ether oxygens (including phenoxy) is 2. The van der Waals surface area contributed by atoms with Gasteiger partial charge in [-0.25, -0.2) is 0 Å². The van der Waals surface area contributed by atoms with E-state index in [-0.39, 0.29) is 11.7 Å². The summed E-state index contributed by atoms with van der Waals surface area (Å²) in [5.41, 5.74) is -0.789. The predicted octanol–water partition coefficient (Wildman–Crippen LogP) is -0.802. The van der Waals surface area contributed by atoms with Gasteiger partial charge in [0.25, 0.3) is 0 Å². The van der Waals surface area contributed by atoms with Gasteiger partial charge in [-0.2, -0.15) is 0 Å². The van der Waals surface area contributed by atoms with E-state index in [0.29, 0.717) is 0 Å². The van der Waals surface area contributed by atoms with Gasteiger partial charge < -0.3 is 24.8 Å². The first-order chi connectivity index (χ1) is 8.14. The Labute approximate surface area is 106 Å². The summed E-state index contributed by atoms with van der Waals surface area (Å²) >= 11 is 0. The first-order valence-corrected chi connectivity index (χ1v) is 6.10. The summed E-state index contributed by atoms with van der Waals surface area (Å²) in [6, 6.07) is 0. The Morgan fingerprint density at radius 1 is 1.17 bits per heavy atom. The molecule has 0 saturated carbocycles. The van der Waals surface area contributed by atoms with Crippen LogP contribution in [0.2, 0.25) is 0 Å². The number of Topliss-reactive ketones (excluding diaryl/α,β-unsaturated/α-hetero) is 1. The van der Waals surface area contributed by atoms with Crippen LogP contribution >= 0.6 is 0 Å². The summed E-state index contributed by atoms with van der Waals surface area (Å²) in [6.07, 6.45) is -5.46. The number of epoxide rings is 1. The van der Waals surface area contributed by atoms with E-state index >= 15 is 0 Å². The standard InChI is InChI=1S/C12H20O6/c1-5(2)6(13)9-7(14)8(15)10(16)12(17-9)11(3,4)18-12/h5,7-10,14-16H,1-4H3/t7-,8+,9-,10-,12?/m1/s1. The molecule has 2 heterocycles. The smallest absolute Gasteiger partial charge is 0.228 e. The molecule has 0 aliphatic carbocycles. The summed E-state index contributed by atoms with van der Waals surface area (Å²) < 4.78 is 10.8. The Morgan fingerprint density at radius 3 is 2.06 bits per heavy atom. The van der Waals surface area contributed by atoms with Crippen LogP contribution < -0.4 is 0 Å². The van der Waals surface area contributed by atoms with Crippen molar-refractivity contribution in [1.29, 1.82) is 0 Å². The van der Waals surface area contributed by atoms with Crippen LogP contribution in [0.15, 0.2) is 0 Å². The van der Waals surface area contributed by atoms with Crippen molar-refractivity contribution >= 4 is 5.78 Å². The fraction of sp³-hybridized carbons (Fsp3) is 0.917. The Bertz CT molecular complexity index is 366. The largest absolute Gasteiger partial charge is 0.387 e. The van der Waals surface area contributed by atoms with E-state index in [4.69, 9.17) is 9.47 Å². The summed E-state index contributed by atoms with van der Waals surface area (Å²) in [6.45, 7) is 6.75. The molecule has 0 bridgehead atoms. The lowest BCUT2D eigenvalue weighted by Crippen LogP contribution is -2.63. The van der Waals surface area contributed by atoms with Gasteiger partial charge in [-0.05, 0) is 13.8 Å². The van der Waals surface area contributed by atoms with Gasteiger partial charge in [-0.15, -0.1) is 0 Å². The van der Waals surface area contributed by atoms with E-state index in [1.165, 1.54) is 0 Å². The van der Waals surface area contributed by atoms with E-state index in [0.717, 1.165) is 0 Å². The highest BCUT2D eigenvalue weighted by atomic mass is 16.8. The van der Waals surface area contributed by atoms with Gasteiger partial charge in [0, 0.05) is 5.92 Å². The van der Waals surface area contributed by atoms with Crippen molar-refractivity contribution in [3.63, 3.8) is 0 Å². The quantitative estimate of drug-likeness (QED) is 0.562. The Morgan fingerprint density at radius 2 is 1.67 bits per heavy atom. The third-order valence-corrected chi connectivity index (χ3v) is 3.73. The SMILES string of the molecule is CC(C)C(=O)[C@H]1OC2(OC2(C)C)[C@H](O)[C@@H](O)[C@H]1O. The molecule has 3 N–H and O–H groups in total. The van der Waals surface area contributed by atoms with Gasteiger partial charge in [-0.1, -0.05) is 13.8 Å². The molecular weight excluding hydrogens is 240 g/mol. The molecule has 6 heteroatoms. The van der Waals surface area contributed by atoms with Gasteiger partial charge >= 0.3 is 0 Å². The van der Waals surface area contributed by atoms with Gasteiger partial charge in [-0.3, -0.25) is 4.79 Å². The molecule has 5 atom stereocenters. The molecule has 6 nitrogen and oxygen atoms in total. The minimum Gasteiger partial charge on any atom is -0.387 e. The first kappa shape index (κ1) is 13.9. The average molecular weight is 260 g/mol. The van der Waals surface area contributed by atoms with Crippen molar-refractivity contribution in [2.75, 3.05) is 0 Å². The second kappa shape index (κ2) is 3.98. The third kappa shape index (κ3) is 1.71. The summed E-state index contributed by atoms with van der Waals surface area (Å²) in [5, 5.41) is 29.6. The number of aliphatic hydroxyl groups excluding tert-OH is 3. The average Bonchev–Trinajstić information content (AvgIpc) is 2.83. The van der Waals surface area contributed by atoms with Crippen LogP contribution in [-0.4, -0.2) is 56.9 Å². The Balaban J connectivity index is 2.27. The summed E-state index contributed by atoms with van der Waals surface area (Å²) in [5.74, 6) is -2.06. The highest BCUT2D eigenvalue weighted by molar-refractivity contribution is 5.85. The van der Waals surface area contributed by atoms with Crippen LogP contribution in [0, 0.1) is 5.92 Å². The Hall–Kier alpha value is -0.530. The van der Waals surface area contributed by atoms with Crippen LogP contribution in [0.25, 0.3) is 0 Å². The van der Waals surface area contributed by atoms with Crippen LogP contribution in [-0.2, 0) is 14.3 Å². The lowest BCUT2D eigenvalue weighted by atomic mass is 9.86. The molecule has 1 unspecified atom stereocenters. The van der Waals surface area contributed by atoms with Crippen molar-refractivity contribution in [2.45, 2.75) is 63.5 Å². The fourth-order valence-electron chi connectivity index (χ4n) is 2.41. The van der Waals surface area contributed by atoms with E-state index in [1.54, 1.807) is 27.7 Å². The number of hydrogen-bond donors (Lipinski definition) is 3. The van der Waals surface area contributed by atoms with E-state index in [2.05, 4.69) is 0 Å². The van der Waals surface area contributed by atoms with Crippen molar-refractivity contribution in [2.24, 2.45) is 5.92 Å². The van der Waals surface area contributed by atoms with Gasteiger partial charge in [0.05, 0.1) is 0 Å². The minimum absolute atomic E-state index is 0.320. The number of rotatable bonds is 2. The number of aliphatic hydroxyl groups is 3. The molecule has 18 heavy (non-hydrogen) atoms. The lowest BCUT2D eigenvalue weighted by molar-refractivity contribution is -0.259. The van der Waals surface area contributed by atoms with E-state index in [9.17, 15) is 20.1 Å². The molecule has 2 aliphatic heterocycles. The van der Waals surface area contributed by atoms with Gasteiger partial charge in [0.15, 0.2) is 5.78 Å². The molecule has 104 valence electrons. The van der Waals surface area contributed by atoms with Gasteiger partial charge in [0.2, 0.25) is 5.79 Å². The third-order valence-electron chi connectivity index (χ3n) is 3.73. The summed E-state index contributed by atoms with van der Waals surface area (Å²) in [4.78, 5) is 12.0. The normalized spacial score (nSPS) is 46.4. The van der Waals surface area contributed by atoms with Gasteiger partial charge in [0.1, 0.15) is 30.0 Å². The molecule has 2 saturated heterocycles. The van der Waals surface area contributed by atoms with Crippen LogP contribution in [0.4, 0.5) is 0 Å². The second-order valence-corrected chi connectivity index (χ2v) is 5.80. The molecule has 0 aromatic rings. The zero-order valence-electron chi connectivity index (χ0n) is 11.0. The van der Waals surface area contributed by atoms with Crippen LogP contribution in [0.3, 0.4) is 0 Å². The highest BCUT2D eigenvalue weighted by Gasteiger charge is 2.75. The monoisotopic (exact) mass is 260 g/mol. The molecule has 0 radical (unpaired) electrons. The van der Waals surface area contributed by atoms with Crippen molar-refractivity contribution in [3.8, 4) is 0 Å². The maximum atomic E-state index is 12.0. The molecule has 0 amide bonds. The summed E-state index contributed by atoms with van der Waals surface area (Å²) in [7, 11) is 0. The van der Waals surface area contributed by atoms with Crippen LogP contribution in [0.1, 0.15) is 27.7 Å². The van der Waals surface area contributed by atoms with Crippen molar-refractivity contribution in [3.05, 3.63) is 0 Å². The van der Waals surface area contributed by atoms with Crippen molar-refractivity contribution < 1.29 is 29.6 Å². The van der Waals surface area contributed by atoms with E-state index < -0.39 is 35.8 Å². The minimum atomic E-state index is -1.46. The highest BCUT2D eigenvalue weighted by Crippen LogP contribution is 2.54. The second-order valence-electron chi connectivity index (χ2n) is 5.80. The molecule has 1 spiro atoms. The van der Waals surface area contributed by atoms with E-state index in [1.807, 2.05) is 0 Å². The first-order valence-electron chi connectivity index (χ1n) is 6.10. The zero-order valence-corrected chi connectivity index (χ0v) is 11.0. The number of carbonyl (C=O) groups is 1. The van der Waals surface area contributed by atoms with Crippen molar-refractivity contribution in [1.82, 2.24) is 0 Å². The molecule has 2 fully saturated rings. The lowest BCUT2D eigenvalue weighted by Gasteiger charge is -2.40. The Kier molecular flexibility index (Phi) is 3.07. The molecular formula is C12H20O6. The van der Waals surface area contributed by atoms with Crippen LogP contribution in [0.5, 0.6) is 0 Å². The molecule has 0 aromatic heterocycles. The predicted molar refractivity (Wildman–Crippen MR) is 60.6 cm³/mol. The number of carbonyl (C=O) groups excluding carboxylic acids is 1. The topological polar surface area (TPSA) is 99.5 Å².